The number of pyridine rings is 1. The van der Waals surface area contributed by atoms with Crippen LogP contribution in [0.15, 0.2) is 36.5 Å². The van der Waals surface area contributed by atoms with Crippen molar-refractivity contribution in [3.63, 3.8) is 0 Å². The summed E-state index contributed by atoms with van der Waals surface area (Å²) in [6.07, 6.45) is 4.58. The summed E-state index contributed by atoms with van der Waals surface area (Å²) in [6, 6.07) is 9.74. The Bertz CT molecular complexity index is 615. The Hall–Kier alpha value is -1.36. The summed E-state index contributed by atoms with van der Waals surface area (Å²) < 4.78 is 0. The van der Waals surface area contributed by atoms with Gasteiger partial charge in [-0.3, -0.25) is 9.78 Å². The van der Waals surface area contributed by atoms with Crippen LogP contribution in [0.3, 0.4) is 0 Å². The van der Waals surface area contributed by atoms with Gasteiger partial charge in [0.1, 0.15) is 0 Å². The van der Waals surface area contributed by atoms with Crippen LogP contribution in [0.4, 0.5) is 5.69 Å². The minimum absolute atomic E-state index is 0. The number of aromatic nitrogens is 1. The van der Waals surface area contributed by atoms with E-state index in [4.69, 9.17) is 0 Å². The third-order valence-electron chi connectivity index (χ3n) is 3.82. The molecule has 0 aliphatic carbocycles. The van der Waals surface area contributed by atoms with Crippen molar-refractivity contribution < 1.29 is 4.79 Å². The van der Waals surface area contributed by atoms with Gasteiger partial charge >= 0.3 is 0 Å². The van der Waals surface area contributed by atoms with Crippen molar-refractivity contribution in [3.05, 3.63) is 36.5 Å². The van der Waals surface area contributed by atoms with Crippen molar-refractivity contribution in [1.82, 2.24) is 10.3 Å². The molecule has 2 heterocycles. The molecule has 0 bridgehead atoms. The van der Waals surface area contributed by atoms with Gasteiger partial charge in [0.05, 0.1) is 5.52 Å². The smallest absolute Gasteiger partial charge is 0.224 e. The predicted octanol–water partition coefficient (Wildman–Crippen LogP) is 3.41. The number of nitrogens with zero attached hydrogens (tertiary/aromatic N) is 1. The molecule has 1 aromatic carbocycles. The van der Waals surface area contributed by atoms with E-state index in [1.54, 1.807) is 6.20 Å². The van der Waals surface area contributed by atoms with Crippen molar-refractivity contribution in [1.29, 1.82) is 0 Å². The second-order valence-corrected chi connectivity index (χ2v) is 5.36. The Morgan fingerprint density at radius 1 is 1.23 bits per heavy atom. The molecule has 120 valence electrons. The molecule has 0 saturated carbocycles. The van der Waals surface area contributed by atoms with E-state index in [1.807, 2.05) is 30.3 Å². The molecule has 0 atom stereocenters. The van der Waals surface area contributed by atoms with Crippen molar-refractivity contribution in [3.8, 4) is 0 Å². The SMILES string of the molecule is Cl.Cl.O=C(CC1CCNCC1)Nc1ccc2ncccc2c1. The molecule has 1 aromatic heterocycles. The van der Waals surface area contributed by atoms with E-state index in [0.717, 1.165) is 42.5 Å². The Kier molecular flexibility index (Phi) is 7.59. The average molecular weight is 342 g/mol. The van der Waals surface area contributed by atoms with Crippen LogP contribution >= 0.6 is 24.8 Å². The fraction of sp³-hybridized carbons (Fsp3) is 0.375. The van der Waals surface area contributed by atoms with E-state index >= 15 is 0 Å². The number of hydrogen-bond acceptors (Lipinski definition) is 3. The Labute approximate surface area is 142 Å². The van der Waals surface area contributed by atoms with Crippen LogP contribution in [0, 0.1) is 5.92 Å². The van der Waals surface area contributed by atoms with Crippen molar-refractivity contribution >= 4 is 47.3 Å². The van der Waals surface area contributed by atoms with Crippen LogP contribution in [-0.4, -0.2) is 24.0 Å². The number of rotatable bonds is 3. The van der Waals surface area contributed by atoms with Gasteiger partial charge in [0.2, 0.25) is 5.91 Å². The molecule has 0 spiro atoms. The molecule has 1 aliphatic rings. The highest BCUT2D eigenvalue weighted by atomic mass is 35.5. The molecule has 2 aromatic rings. The second kappa shape index (κ2) is 8.93. The third kappa shape index (κ3) is 4.83. The van der Waals surface area contributed by atoms with E-state index in [2.05, 4.69) is 15.6 Å². The van der Waals surface area contributed by atoms with Crippen molar-refractivity contribution in [2.45, 2.75) is 19.3 Å². The highest BCUT2D eigenvalue weighted by molar-refractivity contribution is 5.93. The van der Waals surface area contributed by atoms with Gasteiger partial charge in [0.15, 0.2) is 0 Å². The summed E-state index contributed by atoms with van der Waals surface area (Å²) in [6.45, 7) is 2.05. The lowest BCUT2D eigenvalue weighted by molar-refractivity contribution is -0.117. The number of nitrogens with one attached hydrogen (secondary N) is 2. The fourth-order valence-corrected chi connectivity index (χ4v) is 2.71. The minimum Gasteiger partial charge on any atom is -0.326 e. The van der Waals surface area contributed by atoms with Crippen LogP contribution in [0.25, 0.3) is 10.9 Å². The Morgan fingerprint density at radius 2 is 2.00 bits per heavy atom. The number of piperidine rings is 1. The van der Waals surface area contributed by atoms with Crippen LogP contribution in [0.1, 0.15) is 19.3 Å². The van der Waals surface area contributed by atoms with Gasteiger partial charge < -0.3 is 10.6 Å². The normalized spacial score (nSPS) is 14.7. The zero-order valence-electron chi connectivity index (χ0n) is 12.2. The zero-order chi connectivity index (χ0) is 13.8. The lowest BCUT2D eigenvalue weighted by Crippen LogP contribution is -2.30. The van der Waals surface area contributed by atoms with Crippen molar-refractivity contribution in [2.75, 3.05) is 18.4 Å². The van der Waals surface area contributed by atoms with Crippen molar-refractivity contribution in [2.24, 2.45) is 5.92 Å². The molecule has 0 unspecified atom stereocenters. The summed E-state index contributed by atoms with van der Waals surface area (Å²) >= 11 is 0. The third-order valence-corrected chi connectivity index (χ3v) is 3.82. The molecule has 2 N–H and O–H groups in total. The summed E-state index contributed by atoms with van der Waals surface area (Å²) in [4.78, 5) is 16.3. The maximum absolute atomic E-state index is 12.1. The molecule has 3 rings (SSSR count). The number of fused-ring (bicyclic) bond motifs is 1. The predicted molar refractivity (Wildman–Crippen MR) is 95.1 cm³/mol. The van der Waals surface area contributed by atoms with Crippen LogP contribution in [0.2, 0.25) is 0 Å². The number of carbonyl (C=O) groups is 1. The molecular formula is C16H21Cl2N3O. The van der Waals surface area contributed by atoms with E-state index < -0.39 is 0 Å². The van der Waals surface area contributed by atoms with Gasteiger partial charge in [0.25, 0.3) is 0 Å². The van der Waals surface area contributed by atoms with Gasteiger partial charge in [0, 0.05) is 23.7 Å². The molecule has 22 heavy (non-hydrogen) atoms. The van der Waals surface area contributed by atoms with Gasteiger partial charge in [-0.15, -0.1) is 24.8 Å². The fourth-order valence-electron chi connectivity index (χ4n) is 2.71. The topological polar surface area (TPSA) is 54.0 Å². The number of carbonyl (C=O) groups excluding carboxylic acids is 1. The van der Waals surface area contributed by atoms with Crippen LogP contribution < -0.4 is 10.6 Å². The summed E-state index contributed by atoms with van der Waals surface area (Å²) in [5, 5.41) is 7.36. The highest BCUT2D eigenvalue weighted by Gasteiger charge is 2.16. The molecule has 1 amide bonds. The summed E-state index contributed by atoms with van der Waals surface area (Å²) in [7, 11) is 0. The number of hydrogen-bond donors (Lipinski definition) is 2. The molecule has 6 heteroatoms. The summed E-state index contributed by atoms with van der Waals surface area (Å²) in [5.41, 5.74) is 1.80. The summed E-state index contributed by atoms with van der Waals surface area (Å²) in [5.74, 6) is 0.624. The number of benzene rings is 1. The van der Waals surface area contributed by atoms with Gasteiger partial charge in [-0.05, 0) is 56.1 Å². The first-order valence-corrected chi connectivity index (χ1v) is 7.16. The second-order valence-electron chi connectivity index (χ2n) is 5.36. The Balaban J connectivity index is 0.00000121. The van der Waals surface area contributed by atoms with Crippen LogP contribution in [-0.2, 0) is 4.79 Å². The zero-order valence-corrected chi connectivity index (χ0v) is 13.9. The monoisotopic (exact) mass is 341 g/mol. The molecular weight excluding hydrogens is 321 g/mol. The molecule has 1 saturated heterocycles. The standard InChI is InChI=1S/C16H19N3O.2ClH/c20-16(10-12-5-8-17-9-6-12)19-14-3-4-15-13(11-14)2-1-7-18-15;;/h1-4,7,11-12,17H,5-6,8-10H2,(H,19,20);2*1H. The lowest BCUT2D eigenvalue weighted by atomic mass is 9.94. The van der Waals surface area contributed by atoms with E-state index in [0.29, 0.717) is 12.3 Å². The van der Waals surface area contributed by atoms with E-state index in [-0.39, 0.29) is 30.7 Å². The first kappa shape index (κ1) is 18.7. The van der Waals surface area contributed by atoms with Gasteiger partial charge in [-0.1, -0.05) is 6.07 Å². The maximum atomic E-state index is 12.1. The van der Waals surface area contributed by atoms with Gasteiger partial charge in [-0.25, -0.2) is 0 Å². The average Bonchev–Trinajstić information content (AvgIpc) is 2.48. The number of amides is 1. The molecule has 1 aliphatic heterocycles. The number of halogens is 2. The molecule has 0 radical (unpaired) electrons. The van der Waals surface area contributed by atoms with Gasteiger partial charge in [-0.2, -0.15) is 0 Å². The minimum atomic E-state index is 0. The molecule has 4 nitrogen and oxygen atoms in total. The first-order valence-electron chi connectivity index (χ1n) is 7.16. The first-order chi connectivity index (χ1) is 9.81. The quantitative estimate of drug-likeness (QED) is 0.899. The van der Waals surface area contributed by atoms with E-state index in [9.17, 15) is 4.79 Å². The lowest BCUT2D eigenvalue weighted by Gasteiger charge is -2.21. The van der Waals surface area contributed by atoms with Crippen LogP contribution in [0.5, 0.6) is 0 Å². The largest absolute Gasteiger partial charge is 0.326 e. The highest BCUT2D eigenvalue weighted by Crippen LogP contribution is 2.19. The maximum Gasteiger partial charge on any atom is 0.224 e. The Morgan fingerprint density at radius 3 is 2.77 bits per heavy atom. The van der Waals surface area contributed by atoms with E-state index in [1.165, 1.54) is 0 Å². The molecule has 1 fully saturated rings. The number of anilines is 1.